The maximum atomic E-state index is 9.49. The molecule has 138 valence electrons. The molecule has 0 aliphatic carbocycles. The van der Waals surface area contributed by atoms with Gasteiger partial charge in [-0.05, 0) is 58.1 Å². The van der Waals surface area contributed by atoms with Crippen LogP contribution in [0.15, 0.2) is 12.3 Å². The molecular weight excluding hydrogens is 326 g/mol. The van der Waals surface area contributed by atoms with E-state index in [1.165, 1.54) is 0 Å². The quantitative estimate of drug-likeness (QED) is 0.906. The monoisotopic (exact) mass is 353 g/mol. The third kappa shape index (κ3) is 3.86. The Balaban J connectivity index is 1.65. The lowest BCUT2D eigenvalue weighted by atomic mass is 9.96. The molecule has 0 saturated carbocycles. The number of rotatable bonds is 4. The molecule has 2 N–H and O–H groups in total. The van der Waals surface area contributed by atoms with Gasteiger partial charge in [0, 0.05) is 25.3 Å². The number of nitrogens with zero attached hydrogens (tertiary/aromatic N) is 6. The van der Waals surface area contributed by atoms with Crippen molar-refractivity contribution in [2.45, 2.75) is 52.6 Å². The second-order valence-corrected chi connectivity index (χ2v) is 7.87. The number of nitrogens with two attached hydrogens (primary N) is 1. The zero-order valence-corrected chi connectivity index (χ0v) is 16.0. The molecule has 0 radical (unpaired) electrons. The Hall–Kier alpha value is -2.46. The minimum absolute atomic E-state index is 0.468. The SMILES string of the molecule is Cc1cc(C)c(C#N)c(N2CCC(Cn3cc(C(C)(C)N)nn3)CC2)n1. The van der Waals surface area contributed by atoms with E-state index in [-0.39, 0.29) is 0 Å². The average molecular weight is 353 g/mol. The zero-order valence-electron chi connectivity index (χ0n) is 16.0. The standard InChI is InChI=1S/C19H27N7/c1-13-9-14(2)22-18(16(13)10-20)25-7-5-15(6-8-25)11-26-12-17(23-24-26)19(3,4)21/h9,12,15H,5-8,11,21H2,1-4H3. The third-order valence-electron chi connectivity index (χ3n) is 5.00. The highest BCUT2D eigenvalue weighted by Gasteiger charge is 2.24. The lowest BCUT2D eigenvalue weighted by Gasteiger charge is -2.33. The Labute approximate surface area is 154 Å². The number of pyridine rings is 1. The van der Waals surface area contributed by atoms with Gasteiger partial charge in [-0.15, -0.1) is 5.10 Å². The Morgan fingerprint density at radius 3 is 2.58 bits per heavy atom. The summed E-state index contributed by atoms with van der Waals surface area (Å²) in [6.07, 6.45) is 4.03. The summed E-state index contributed by atoms with van der Waals surface area (Å²) in [4.78, 5) is 6.87. The minimum Gasteiger partial charge on any atom is -0.355 e. The molecule has 1 aliphatic rings. The minimum atomic E-state index is -0.468. The first-order valence-electron chi connectivity index (χ1n) is 9.10. The van der Waals surface area contributed by atoms with E-state index in [1.54, 1.807) is 0 Å². The van der Waals surface area contributed by atoms with Crippen LogP contribution in [0.4, 0.5) is 5.82 Å². The van der Waals surface area contributed by atoms with Gasteiger partial charge in [0.1, 0.15) is 17.6 Å². The van der Waals surface area contributed by atoms with Gasteiger partial charge < -0.3 is 10.6 Å². The number of hydrogen-bond acceptors (Lipinski definition) is 6. The molecule has 7 heteroatoms. The van der Waals surface area contributed by atoms with Crippen molar-refractivity contribution >= 4 is 5.82 Å². The van der Waals surface area contributed by atoms with Gasteiger partial charge >= 0.3 is 0 Å². The van der Waals surface area contributed by atoms with Crippen molar-refractivity contribution in [2.75, 3.05) is 18.0 Å². The fourth-order valence-corrected chi connectivity index (χ4v) is 3.46. The maximum Gasteiger partial charge on any atom is 0.147 e. The van der Waals surface area contributed by atoms with E-state index in [4.69, 9.17) is 5.73 Å². The van der Waals surface area contributed by atoms with Crippen molar-refractivity contribution in [3.05, 3.63) is 34.8 Å². The number of piperidine rings is 1. The Bertz CT molecular complexity index is 817. The van der Waals surface area contributed by atoms with Crippen LogP contribution >= 0.6 is 0 Å². The molecule has 0 bridgehead atoms. The van der Waals surface area contributed by atoms with E-state index in [1.807, 2.05) is 44.6 Å². The van der Waals surface area contributed by atoms with Crippen LogP contribution in [-0.2, 0) is 12.1 Å². The Morgan fingerprint density at radius 1 is 1.31 bits per heavy atom. The number of aryl methyl sites for hydroxylation is 2. The van der Waals surface area contributed by atoms with E-state index >= 15 is 0 Å². The van der Waals surface area contributed by atoms with Gasteiger partial charge in [0.2, 0.25) is 0 Å². The molecule has 0 aromatic carbocycles. The molecule has 1 aliphatic heterocycles. The third-order valence-corrected chi connectivity index (χ3v) is 5.00. The van der Waals surface area contributed by atoms with Crippen molar-refractivity contribution in [2.24, 2.45) is 11.7 Å². The summed E-state index contributed by atoms with van der Waals surface area (Å²) in [5.41, 5.74) is 9.07. The second-order valence-electron chi connectivity index (χ2n) is 7.87. The van der Waals surface area contributed by atoms with Crippen molar-refractivity contribution in [3.8, 4) is 6.07 Å². The van der Waals surface area contributed by atoms with Gasteiger partial charge in [0.25, 0.3) is 0 Å². The van der Waals surface area contributed by atoms with Crippen molar-refractivity contribution in [3.63, 3.8) is 0 Å². The van der Waals surface area contributed by atoms with Crippen LogP contribution in [0.3, 0.4) is 0 Å². The molecule has 7 nitrogen and oxygen atoms in total. The predicted octanol–water partition coefficient (Wildman–Crippen LogP) is 2.27. The average Bonchev–Trinajstić information content (AvgIpc) is 3.04. The molecule has 1 saturated heterocycles. The molecule has 0 atom stereocenters. The molecule has 1 fully saturated rings. The van der Waals surface area contributed by atoms with Gasteiger partial charge in [0.15, 0.2) is 0 Å². The number of aromatic nitrogens is 4. The normalized spacial score (nSPS) is 15.9. The van der Waals surface area contributed by atoms with Crippen molar-refractivity contribution in [1.29, 1.82) is 5.26 Å². The van der Waals surface area contributed by atoms with E-state index in [0.717, 1.165) is 55.2 Å². The summed E-state index contributed by atoms with van der Waals surface area (Å²) in [7, 11) is 0. The van der Waals surface area contributed by atoms with Crippen LogP contribution in [-0.4, -0.2) is 33.1 Å². The molecular formula is C19H27N7. The van der Waals surface area contributed by atoms with Crippen LogP contribution in [0.25, 0.3) is 0 Å². The second kappa shape index (κ2) is 7.04. The summed E-state index contributed by atoms with van der Waals surface area (Å²) < 4.78 is 1.90. The smallest absolute Gasteiger partial charge is 0.147 e. The highest BCUT2D eigenvalue weighted by molar-refractivity contribution is 5.58. The van der Waals surface area contributed by atoms with Crippen LogP contribution in [0.5, 0.6) is 0 Å². The van der Waals surface area contributed by atoms with E-state index in [2.05, 4.69) is 26.3 Å². The lowest BCUT2D eigenvalue weighted by molar-refractivity contribution is 0.338. The molecule has 3 heterocycles. The van der Waals surface area contributed by atoms with Crippen molar-refractivity contribution in [1.82, 2.24) is 20.0 Å². The van der Waals surface area contributed by atoms with Gasteiger partial charge in [0.05, 0.1) is 17.3 Å². The fourth-order valence-electron chi connectivity index (χ4n) is 3.46. The van der Waals surface area contributed by atoms with Crippen molar-refractivity contribution < 1.29 is 0 Å². The number of hydrogen-bond donors (Lipinski definition) is 1. The maximum absolute atomic E-state index is 9.49. The molecule has 2 aromatic rings. The molecule has 0 spiro atoms. The van der Waals surface area contributed by atoms with Crippen LogP contribution in [0.2, 0.25) is 0 Å². The summed E-state index contributed by atoms with van der Waals surface area (Å²) in [5, 5.41) is 17.9. The Morgan fingerprint density at radius 2 is 2.00 bits per heavy atom. The van der Waals surface area contributed by atoms with Gasteiger partial charge in [-0.25, -0.2) is 4.98 Å². The van der Waals surface area contributed by atoms with Crippen LogP contribution in [0, 0.1) is 31.1 Å². The Kier molecular flexibility index (Phi) is 4.97. The molecule has 26 heavy (non-hydrogen) atoms. The summed E-state index contributed by atoms with van der Waals surface area (Å²) in [6, 6.07) is 4.29. The first kappa shape index (κ1) is 18.3. The topological polar surface area (TPSA) is 96.7 Å². The van der Waals surface area contributed by atoms with Gasteiger partial charge in [-0.3, -0.25) is 4.68 Å². The van der Waals surface area contributed by atoms with E-state index < -0.39 is 5.54 Å². The fraction of sp³-hybridized carbons (Fsp3) is 0.579. The summed E-state index contributed by atoms with van der Waals surface area (Å²) >= 11 is 0. The van der Waals surface area contributed by atoms with Gasteiger partial charge in [-0.2, -0.15) is 5.26 Å². The first-order chi connectivity index (χ1) is 12.3. The molecule has 0 amide bonds. The van der Waals surface area contributed by atoms with Gasteiger partial charge in [-0.1, -0.05) is 5.21 Å². The summed E-state index contributed by atoms with van der Waals surface area (Å²) in [5.74, 6) is 1.37. The van der Waals surface area contributed by atoms with E-state index in [0.29, 0.717) is 11.5 Å². The highest BCUT2D eigenvalue weighted by atomic mass is 15.4. The first-order valence-corrected chi connectivity index (χ1v) is 9.10. The summed E-state index contributed by atoms with van der Waals surface area (Å²) in [6.45, 7) is 10.5. The molecule has 3 rings (SSSR count). The lowest BCUT2D eigenvalue weighted by Crippen LogP contribution is -2.36. The zero-order chi connectivity index (χ0) is 18.9. The predicted molar refractivity (Wildman–Crippen MR) is 101 cm³/mol. The largest absolute Gasteiger partial charge is 0.355 e. The molecule has 0 unspecified atom stereocenters. The molecule has 2 aromatic heterocycles. The van der Waals surface area contributed by atoms with Crippen LogP contribution in [0.1, 0.15) is 49.2 Å². The van der Waals surface area contributed by atoms with E-state index in [9.17, 15) is 5.26 Å². The van der Waals surface area contributed by atoms with Crippen LogP contribution < -0.4 is 10.6 Å². The number of anilines is 1. The number of nitriles is 1. The highest BCUT2D eigenvalue weighted by Crippen LogP contribution is 2.27.